The van der Waals surface area contributed by atoms with Crippen LogP contribution in [0.2, 0.25) is 0 Å². The van der Waals surface area contributed by atoms with Crippen molar-refractivity contribution in [3.63, 3.8) is 0 Å². The van der Waals surface area contributed by atoms with Crippen LogP contribution >= 0.6 is 0 Å². The van der Waals surface area contributed by atoms with Crippen molar-refractivity contribution in [2.24, 2.45) is 0 Å². The molecule has 1 aromatic heterocycles. The van der Waals surface area contributed by atoms with Gasteiger partial charge in [-0.1, -0.05) is 0 Å². The summed E-state index contributed by atoms with van der Waals surface area (Å²) >= 11 is 0. The number of ether oxygens (including phenoxy) is 1. The summed E-state index contributed by atoms with van der Waals surface area (Å²) in [6.45, 7) is 2.71. The maximum absolute atomic E-state index is 11.9. The Labute approximate surface area is 157 Å². The minimum absolute atomic E-state index is 0.0523. The van der Waals surface area contributed by atoms with Gasteiger partial charge in [0.25, 0.3) is 11.8 Å². The van der Waals surface area contributed by atoms with Crippen LogP contribution in [0.15, 0.2) is 47.1 Å². The largest absolute Gasteiger partial charge is 0.484 e. The van der Waals surface area contributed by atoms with Crippen LogP contribution in [0.1, 0.15) is 30.3 Å². The maximum Gasteiger partial charge on any atom is 0.286 e. The molecule has 0 aliphatic rings. The molecule has 0 unspecified atom stereocenters. The van der Waals surface area contributed by atoms with Gasteiger partial charge in [0, 0.05) is 25.2 Å². The third-order valence-corrected chi connectivity index (χ3v) is 3.49. The van der Waals surface area contributed by atoms with E-state index in [-0.39, 0.29) is 36.5 Å². The van der Waals surface area contributed by atoms with Crippen LogP contribution in [0.3, 0.4) is 0 Å². The number of hydrogen-bond donors (Lipinski definition) is 3. The van der Waals surface area contributed by atoms with Gasteiger partial charge in [0.15, 0.2) is 12.4 Å². The van der Waals surface area contributed by atoms with E-state index in [2.05, 4.69) is 16.0 Å². The lowest BCUT2D eigenvalue weighted by molar-refractivity contribution is -0.123. The van der Waals surface area contributed by atoms with Crippen molar-refractivity contribution in [1.82, 2.24) is 10.6 Å². The van der Waals surface area contributed by atoms with Crippen LogP contribution in [0.5, 0.6) is 5.75 Å². The highest BCUT2D eigenvalue weighted by Gasteiger charge is 2.08. The molecular weight excluding hydrogens is 350 g/mol. The molecule has 0 saturated heterocycles. The molecule has 8 heteroatoms. The fraction of sp³-hybridized carbons (Fsp3) is 0.316. The third-order valence-electron chi connectivity index (χ3n) is 3.49. The molecule has 144 valence electrons. The Bertz CT molecular complexity index is 741. The number of carbonyl (C=O) groups excluding carboxylic acids is 3. The summed E-state index contributed by atoms with van der Waals surface area (Å²) in [6, 6.07) is 9.97. The Morgan fingerprint density at radius 1 is 1.04 bits per heavy atom. The van der Waals surface area contributed by atoms with Crippen molar-refractivity contribution in [1.29, 1.82) is 0 Å². The Morgan fingerprint density at radius 3 is 2.48 bits per heavy atom. The van der Waals surface area contributed by atoms with E-state index in [0.717, 1.165) is 0 Å². The zero-order valence-electron chi connectivity index (χ0n) is 15.1. The average Bonchev–Trinajstić information content (AvgIpc) is 3.20. The van der Waals surface area contributed by atoms with Gasteiger partial charge in [-0.05, 0) is 49.7 Å². The Hall–Kier alpha value is -3.29. The number of carbonyl (C=O) groups is 3. The fourth-order valence-corrected chi connectivity index (χ4v) is 2.20. The van der Waals surface area contributed by atoms with Gasteiger partial charge in [-0.25, -0.2) is 0 Å². The monoisotopic (exact) mass is 373 g/mol. The second-order valence-electron chi connectivity index (χ2n) is 5.65. The molecule has 0 spiro atoms. The summed E-state index contributed by atoms with van der Waals surface area (Å²) in [5.74, 6) is 0.143. The van der Waals surface area contributed by atoms with E-state index in [1.54, 1.807) is 36.4 Å². The van der Waals surface area contributed by atoms with E-state index in [4.69, 9.17) is 9.15 Å². The number of amides is 3. The molecule has 1 aromatic carbocycles. The fourth-order valence-electron chi connectivity index (χ4n) is 2.20. The van der Waals surface area contributed by atoms with Crippen molar-refractivity contribution in [2.75, 3.05) is 25.0 Å². The molecule has 0 atom stereocenters. The Kier molecular flexibility index (Phi) is 7.90. The van der Waals surface area contributed by atoms with E-state index >= 15 is 0 Å². The summed E-state index contributed by atoms with van der Waals surface area (Å²) < 4.78 is 10.3. The molecule has 3 amide bonds. The minimum atomic E-state index is -0.302. The van der Waals surface area contributed by atoms with Gasteiger partial charge in [0.05, 0.1) is 6.26 Å². The van der Waals surface area contributed by atoms with Crippen molar-refractivity contribution >= 4 is 23.4 Å². The van der Waals surface area contributed by atoms with Crippen LogP contribution in [-0.4, -0.2) is 37.4 Å². The highest BCUT2D eigenvalue weighted by atomic mass is 16.5. The molecule has 2 aromatic rings. The molecule has 0 aliphatic heterocycles. The average molecular weight is 373 g/mol. The lowest BCUT2D eigenvalue weighted by atomic mass is 10.2. The Morgan fingerprint density at radius 2 is 1.81 bits per heavy atom. The van der Waals surface area contributed by atoms with Crippen LogP contribution in [-0.2, 0) is 9.59 Å². The first-order valence-corrected chi connectivity index (χ1v) is 8.69. The van der Waals surface area contributed by atoms with Crippen LogP contribution < -0.4 is 20.7 Å². The molecule has 0 saturated carbocycles. The van der Waals surface area contributed by atoms with Crippen molar-refractivity contribution in [2.45, 2.75) is 19.8 Å². The highest BCUT2D eigenvalue weighted by molar-refractivity contribution is 5.92. The van der Waals surface area contributed by atoms with Crippen molar-refractivity contribution in [3.05, 3.63) is 48.4 Å². The number of hydrogen-bond acceptors (Lipinski definition) is 5. The van der Waals surface area contributed by atoms with Gasteiger partial charge < -0.3 is 25.1 Å². The SMILES string of the molecule is CCNC(=O)COc1ccc(NC(=O)CCCNC(=O)c2ccco2)cc1. The van der Waals surface area contributed by atoms with Gasteiger partial charge in [0.1, 0.15) is 5.75 Å². The van der Waals surface area contributed by atoms with E-state index in [1.807, 2.05) is 6.92 Å². The number of furan rings is 1. The molecule has 0 fully saturated rings. The molecule has 0 bridgehead atoms. The number of benzene rings is 1. The van der Waals surface area contributed by atoms with Crippen LogP contribution in [0.25, 0.3) is 0 Å². The van der Waals surface area contributed by atoms with Crippen LogP contribution in [0.4, 0.5) is 5.69 Å². The topological polar surface area (TPSA) is 110 Å². The molecule has 27 heavy (non-hydrogen) atoms. The van der Waals surface area contributed by atoms with E-state index in [9.17, 15) is 14.4 Å². The van der Waals surface area contributed by atoms with Gasteiger partial charge in [-0.2, -0.15) is 0 Å². The first kappa shape index (κ1) is 20.0. The van der Waals surface area contributed by atoms with E-state index < -0.39 is 0 Å². The molecule has 0 aliphatic carbocycles. The second kappa shape index (κ2) is 10.6. The predicted octanol–water partition coefficient (Wildman–Crippen LogP) is 1.94. The third kappa shape index (κ3) is 7.23. The number of anilines is 1. The molecule has 1 heterocycles. The molecule has 8 nitrogen and oxygen atoms in total. The summed E-state index contributed by atoms with van der Waals surface area (Å²) in [5, 5.41) is 8.09. The van der Waals surface area contributed by atoms with Crippen molar-refractivity contribution < 1.29 is 23.5 Å². The maximum atomic E-state index is 11.9. The van der Waals surface area contributed by atoms with Crippen molar-refractivity contribution in [3.8, 4) is 5.75 Å². The summed E-state index contributed by atoms with van der Waals surface area (Å²) in [6.07, 6.45) is 2.21. The number of nitrogens with one attached hydrogen (secondary N) is 3. The van der Waals surface area contributed by atoms with Gasteiger partial charge in [-0.3, -0.25) is 14.4 Å². The molecule has 2 rings (SSSR count). The summed E-state index contributed by atoms with van der Waals surface area (Å²) in [4.78, 5) is 34.9. The van der Waals surface area contributed by atoms with Gasteiger partial charge in [-0.15, -0.1) is 0 Å². The first-order chi connectivity index (χ1) is 13.1. The lowest BCUT2D eigenvalue weighted by Crippen LogP contribution is -2.28. The van der Waals surface area contributed by atoms with Gasteiger partial charge >= 0.3 is 0 Å². The standard InChI is InChI=1S/C19H23N3O5/c1-2-20-18(24)13-27-15-9-7-14(8-10-15)22-17(23)6-3-11-21-19(25)16-5-4-12-26-16/h4-5,7-10,12H,2-3,6,11,13H2,1H3,(H,20,24)(H,21,25)(H,22,23). The highest BCUT2D eigenvalue weighted by Crippen LogP contribution is 2.16. The molecular formula is C19H23N3O5. The van der Waals surface area contributed by atoms with Gasteiger partial charge in [0.2, 0.25) is 5.91 Å². The zero-order valence-corrected chi connectivity index (χ0v) is 15.1. The number of rotatable bonds is 10. The van der Waals surface area contributed by atoms with E-state index in [1.165, 1.54) is 6.26 Å². The summed E-state index contributed by atoms with van der Waals surface area (Å²) in [7, 11) is 0. The number of likely N-dealkylation sites (N-methyl/N-ethyl adjacent to an activating group) is 1. The quantitative estimate of drug-likeness (QED) is 0.552. The predicted molar refractivity (Wildman–Crippen MR) is 99.5 cm³/mol. The molecule has 0 radical (unpaired) electrons. The second-order valence-corrected chi connectivity index (χ2v) is 5.65. The normalized spacial score (nSPS) is 10.1. The van der Waals surface area contributed by atoms with Crippen LogP contribution in [0, 0.1) is 0 Å². The minimum Gasteiger partial charge on any atom is -0.484 e. The molecule has 3 N–H and O–H groups in total. The van der Waals surface area contributed by atoms with E-state index in [0.29, 0.717) is 30.9 Å². The lowest BCUT2D eigenvalue weighted by Gasteiger charge is -2.08. The smallest absolute Gasteiger partial charge is 0.286 e. The Balaban J connectivity index is 1.65. The first-order valence-electron chi connectivity index (χ1n) is 8.69. The zero-order chi connectivity index (χ0) is 19.5. The summed E-state index contributed by atoms with van der Waals surface area (Å²) in [5.41, 5.74) is 0.630.